The van der Waals surface area contributed by atoms with Crippen LogP contribution in [0.25, 0.3) is 6.08 Å². The molecule has 5 atom stereocenters. The Morgan fingerprint density at radius 2 is 1.63 bits per heavy atom. The molecule has 2 aliphatic rings. The molecule has 3 aromatic carbocycles. The number of phenols is 1. The predicted molar refractivity (Wildman–Crippen MR) is 147 cm³/mol. The van der Waals surface area contributed by atoms with Crippen molar-refractivity contribution in [1.29, 1.82) is 0 Å². The highest BCUT2D eigenvalue weighted by Crippen LogP contribution is 2.39. The number of benzene rings is 3. The average molecular weight is 591 g/mol. The standard InChI is InChI=1S/C31H26O12/c1-14-22-17(25(34)16-8-5-9-18(32)24(16)27(22)36)12-19(23(14)30(39)40)42-31-29(38)28(37)26(35)20(43-31)13-41-21(33)11-10-15-6-3-2-4-7-15/h2-12,20,26,28-29,31-32,35,37-38H,13H2,1H3,(H,39,40). The maximum Gasteiger partial charge on any atom is 0.339 e. The van der Waals surface area contributed by atoms with E-state index in [1.807, 2.05) is 6.07 Å². The number of aliphatic hydroxyl groups is 3. The summed E-state index contributed by atoms with van der Waals surface area (Å²) in [6.45, 7) is 0.721. The number of carbonyl (C=O) groups is 4. The fourth-order valence-corrected chi connectivity index (χ4v) is 5.07. The molecular formula is C31H26O12. The third kappa shape index (κ3) is 5.51. The van der Waals surface area contributed by atoms with Crippen molar-refractivity contribution in [2.75, 3.05) is 6.61 Å². The highest BCUT2D eigenvalue weighted by molar-refractivity contribution is 6.30. The monoisotopic (exact) mass is 590 g/mol. The molecule has 0 amide bonds. The Bertz CT molecular complexity index is 1640. The smallest absolute Gasteiger partial charge is 0.339 e. The van der Waals surface area contributed by atoms with E-state index in [2.05, 4.69) is 0 Å². The van der Waals surface area contributed by atoms with Gasteiger partial charge in [-0.3, -0.25) is 9.59 Å². The molecule has 5 N–H and O–H groups in total. The predicted octanol–water partition coefficient (Wildman–Crippen LogP) is 1.62. The van der Waals surface area contributed by atoms with Crippen LogP contribution in [0.4, 0.5) is 0 Å². The fourth-order valence-electron chi connectivity index (χ4n) is 5.07. The molecule has 0 spiro atoms. The Morgan fingerprint density at radius 3 is 2.33 bits per heavy atom. The van der Waals surface area contributed by atoms with Gasteiger partial charge in [0.15, 0.2) is 11.6 Å². The molecule has 3 aromatic rings. The van der Waals surface area contributed by atoms with Crippen molar-refractivity contribution < 1.29 is 58.9 Å². The quantitative estimate of drug-likeness (QED) is 0.154. The van der Waals surface area contributed by atoms with Crippen molar-refractivity contribution in [3.8, 4) is 11.5 Å². The Kier molecular flexibility index (Phi) is 8.11. The van der Waals surface area contributed by atoms with Crippen LogP contribution in [0.5, 0.6) is 11.5 Å². The van der Waals surface area contributed by atoms with E-state index in [4.69, 9.17) is 14.2 Å². The van der Waals surface area contributed by atoms with Crippen molar-refractivity contribution >= 4 is 29.6 Å². The van der Waals surface area contributed by atoms with Gasteiger partial charge < -0.3 is 39.7 Å². The van der Waals surface area contributed by atoms with Crippen molar-refractivity contribution in [2.45, 2.75) is 37.6 Å². The first-order valence-electron chi connectivity index (χ1n) is 13.1. The second-order valence-corrected chi connectivity index (χ2v) is 9.97. The number of carboxylic acid groups (broad SMARTS) is 1. The molecule has 0 saturated carbocycles. The Morgan fingerprint density at radius 1 is 0.907 bits per heavy atom. The molecule has 5 unspecified atom stereocenters. The van der Waals surface area contributed by atoms with Crippen molar-refractivity contribution in [2.24, 2.45) is 0 Å². The van der Waals surface area contributed by atoms with Crippen LogP contribution in [0.1, 0.15) is 53.3 Å². The molecule has 1 saturated heterocycles. The lowest BCUT2D eigenvalue weighted by Gasteiger charge is -2.40. The van der Waals surface area contributed by atoms with Crippen LogP contribution >= 0.6 is 0 Å². The number of ether oxygens (including phenoxy) is 3. The number of carbonyl (C=O) groups excluding carboxylic acids is 3. The van der Waals surface area contributed by atoms with Gasteiger partial charge in [0.2, 0.25) is 6.29 Å². The van der Waals surface area contributed by atoms with Crippen molar-refractivity contribution in [1.82, 2.24) is 0 Å². The van der Waals surface area contributed by atoms with Gasteiger partial charge in [0.25, 0.3) is 0 Å². The number of rotatable bonds is 7. The molecule has 0 radical (unpaired) electrons. The van der Waals surface area contributed by atoms with Crippen molar-refractivity contribution in [3.63, 3.8) is 0 Å². The van der Waals surface area contributed by atoms with Crippen molar-refractivity contribution in [3.05, 3.63) is 99.6 Å². The van der Waals surface area contributed by atoms with Crippen LogP contribution in [0.3, 0.4) is 0 Å². The van der Waals surface area contributed by atoms with Gasteiger partial charge in [-0.05, 0) is 36.3 Å². The Balaban J connectivity index is 1.41. The summed E-state index contributed by atoms with van der Waals surface area (Å²) in [5.74, 6) is -4.68. The first kappa shape index (κ1) is 29.6. The number of ketones is 2. The summed E-state index contributed by atoms with van der Waals surface area (Å²) in [5, 5.41) is 51.7. The van der Waals surface area contributed by atoms with Gasteiger partial charge in [0.1, 0.15) is 48.1 Å². The number of phenolic OH excluding ortho intramolecular Hbond substituents is 1. The number of carboxylic acids is 1. The van der Waals surface area contributed by atoms with E-state index in [9.17, 15) is 44.7 Å². The largest absolute Gasteiger partial charge is 0.507 e. The lowest BCUT2D eigenvalue weighted by atomic mass is 9.80. The SMILES string of the molecule is Cc1c(C(=O)O)c(OC2OC(COC(=O)C=Cc3ccccc3)C(O)C(O)C2O)cc2c1C(=O)c1c(O)cccc1C2=O. The number of aromatic hydroxyl groups is 1. The summed E-state index contributed by atoms with van der Waals surface area (Å²) in [4.78, 5) is 51.1. The average Bonchev–Trinajstić information content (AvgIpc) is 2.98. The van der Waals surface area contributed by atoms with E-state index in [1.54, 1.807) is 24.3 Å². The van der Waals surface area contributed by atoms with E-state index in [-0.39, 0.29) is 27.8 Å². The molecule has 0 bridgehead atoms. The number of aliphatic hydroxyl groups excluding tert-OH is 3. The highest BCUT2D eigenvalue weighted by Gasteiger charge is 2.46. The summed E-state index contributed by atoms with van der Waals surface area (Å²) >= 11 is 0. The normalized spacial score (nSPS) is 23.0. The van der Waals surface area contributed by atoms with Gasteiger partial charge in [-0.15, -0.1) is 0 Å². The molecule has 12 nitrogen and oxygen atoms in total. The molecule has 43 heavy (non-hydrogen) atoms. The zero-order valence-corrected chi connectivity index (χ0v) is 22.5. The number of fused-ring (bicyclic) bond motifs is 2. The van der Waals surface area contributed by atoms with E-state index in [0.717, 1.165) is 17.7 Å². The van der Waals surface area contributed by atoms with Gasteiger partial charge in [-0.1, -0.05) is 42.5 Å². The maximum absolute atomic E-state index is 13.3. The van der Waals surface area contributed by atoms with Gasteiger partial charge in [-0.2, -0.15) is 0 Å². The topological polar surface area (TPSA) is 197 Å². The van der Waals surface area contributed by atoms with Crippen LogP contribution in [-0.4, -0.2) is 86.4 Å². The van der Waals surface area contributed by atoms with Crippen LogP contribution in [0.15, 0.2) is 60.7 Å². The van der Waals surface area contributed by atoms with Crippen LogP contribution in [0.2, 0.25) is 0 Å². The van der Waals surface area contributed by atoms with E-state index in [1.165, 1.54) is 31.2 Å². The summed E-state index contributed by atoms with van der Waals surface area (Å²) in [6.07, 6.45) is -6.00. The second-order valence-electron chi connectivity index (χ2n) is 9.97. The third-order valence-corrected chi connectivity index (χ3v) is 7.25. The molecule has 1 aliphatic heterocycles. The summed E-state index contributed by atoms with van der Waals surface area (Å²) in [7, 11) is 0. The molecule has 5 rings (SSSR count). The summed E-state index contributed by atoms with van der Waals surface area (Å²) in [5.41, 5.74) is -0.748. The van der Waals surface area contributed by atoms with E-state index in [0.29, 0.717) is 0 Å². The minimum absolute atomic E-state index is 0.0957. The number of hydrogen-bond acceptors (Lipinski definition) is 11. The zero-order chi connectivity index (χ0) is 31.0. The number of hydrogen-bond donors (Lipinski definition) is 5. The summed E-state index contributed by atoms with van der Waals surface area (Å²) in [6, 6.07) is 13.8. The van der Waals surface area contributed by atoms with Gasteiger partial charge in [-0.25, -0.2) is 9.59 Å². The highest BCUT2D eigenvalue weighted by atomic mass is 16.7. The molecule has 1 heterocycles. The summed E-state index contributed by atoms with van der Waals surface area (Å²) < 4.78 is 16.4. The first-order chi connectivity index (χ1) is 20.5. The fraction of sp³-hybridized carbons (Fsp3) is 0.226. The lowest BCUT2D eigenvalue weighted by molar-refractivity contribution is -0.278. The van der Waals surface area contributed by atoms with Gasteiger partial charge in [0, 0.05) is 22.8 Å². The number of esters is 1. The van der Waals surface area contributed by atoms with E-state index >= 15 is 0 Å². The zero-order valence-electron chi connectivity index (χ0n) is 22.5. The molecule has 12 heteroatoms. The molecule has 1 aliphatic carbocycles. The minimum atomic E-state index is -1.90. The van der Waals surface area contributed by atoms with Gasteiger partial charge >= 0.3 is 11.9 Å². The molecule has 222 valence electrons. The minimum Gasteiger partial charge on any atom is -0.507 e. The van der Waals surface area contributed by atoms with Crippen LogP contribution in [0, 0.1) is 6.92 Å². The second kappa shape index (κ2) is 11.8. The van der Waals surface area contributed by atoms with Crippen LogP contribution < -0.4 is 4.74 Å². The Labute approximate surface area is 244 Å². The maximum atomic E-state index is 13.3. The number of aromatic carboxylic acids is 1. The lowest BCUT2D eigenvalue weighted by Crippen LogP contribution is -2.60. The van der Waals surface area contributed by atoms with E-state index < -0.39 is 77.9 Å². The molecule has 0 aromatic heterocycles. The third-order valence-electron chi connectivity index (χ3n) is 7.25. The Hall–Kier alpha value is -4.88. The first-order valence-corrected chi connectivity index (χ1v) is 13.1. The van der Waals surface area contributed by atoms with Crippen LogP contribution in [-0.2, 0) is 14.3 Å². The molecular weight excluding hydrogens is 564 g/mol. The molecule has 1 fully saturated rings. The van der Waals surface area contributed by atoms with Gasteiger partial charge in [0.05, 0.1) is 5.56 Å².